The van der Waals surface area contributed by atoms with Crippen LogP contribution in [0.5, 0.6) is 17.5 Å². The van der Waals surface area contributed by atoms with Gasteiger partial charge in [0, 0.05) is 0 Å². The van der Waals surface area contributed by atoms with Crippen LogP contribution in [0.25, 0.3) is 22.9 Å². The minimum Gasteiger partial charge on any atom is -0.497 e. The number of ether oxygens (including phenoxy) is 2. The molecule has 1 aliphatic heterocycles. The normalized spacial score (nSPS) is 14.3. The zero-order valence-electron chi connectivity index (χ0n) is 19.5. The predicted molar refractivity (Wildman–Crippen MR) is 131 cm³/mol. The Morgan fingerprint density at radius 3 is 2.50 bits per heavy atom. The van der Waals surface area contributed by atoms with Crippen molar-refractivity contribution >= 4 is 5.65 Å². The van der Waals surface area contributed by atoms with Gasteiger partial charge in [0.25, 0.3) is 0 Å². The second-order valence-corrected chi connectivity index (χ2v) is 8.50. The Bertz CT molecular complexity index is 1700. The minimum atomic E-state index is -0.239. The van der Waals surface area contributed by atoms with Crippen LogP contribution >= 0.6 is 0 Å². The van der Waals surface area contributed by atoms with Gasteiger partial charge in [0.2, 0.25) is 17.6 Å². The number of hydrogen-bond acceptors (Lipinski definition) is 7. The lowest BCUT2D eigenvalue weighted by Gasteiger charge is -2.26. The van der Waals surface area contributed by atoms with Crippen molar-refractivity contribution in [2.24, 2.45) is 0 Å². The first-order valence-corrected chi connectivity index (χ1v) is 11.5. The number of para-hydroxylation sites is 1. The van der Waals surface area contributed by atoms with Crippen molar-refractivity contribution in [3.05, 3.63) is 102 Å². The van der Waals surface area contributed by atoms with Crippen LogP contribution < -0.4 is 9.47 Å². The van der Waals surface area contributed by atoms with Crippen LogP contribution in [0.3, 0.4) is 0 Å². The molecule has 0 saturated carbocycles. The molecular weight excluding hydrogens is 456 g/mol. The van der Waals surface area contributed by atoms with Gasteiger partial charge in [0.15, 0.2) is 11.4 Å². The Kier molecular flexibility index (Phi) is 4.44. The van der Waals surface area contributed by atoms with E-state index in [2.05, 4.69) is 22.2 Å². The zero-order valence-corrected chi connectivity index (χ0v) is 19.5. The second kappa shape index (κ2) is 7.81. The molecule has 0 aliphatic carbocycles. The molecule has 0 N–H and O–H groups in total. The Balaban J connectivity index is 1.49. The van der Waals surface area contributed by atoms with E-state index in [1.807, 2.05) is 66.2 Å². The highest BCUT2D eigenvalue weighted by Crippen LogP contribution is 2.49. The quantitative estimate of drug-likeness (QED) is 0.346. The van der Waals surface area contributed by atoms with Crippen molar-refractivity contribution in [2.75, 3.05) is 7.11 Å². The van der Waals surface area contributed by atoms with Crippen molar-refractivity contribution in [3.8, 4) is 34.8 Å². The van der Waals surface area contributed by atoms with E-state index in [1.54, 1.807) is 24.2 Å². The van der Waals surface area contributed by atoms with Crippen LogP contribution in [-0.4, -0.2) is 36.5 Å². The monoisotopic (exact) mass is 476 g/mol. The molecule has 1 atom stereocenters. The maximum Gasteiger partial charge on any atom is 0.230 e. The molecule has 0 fully saturated rings. The fourth-order valence-electron chi connectivity index (χ4n) is 4.76. The van der Waals surface area contributed by atoms with Gasteiger partial charge in [-0.25, -0.2) is 19.2 Å². The molecule has 9 nitrogen and oxygen atoms in total. The first kappa shape index (κ1) is 20.5. The smallest absolute Gasteiger partial charge is 0.230 e. The molecule has 1 aliphatic rings. The van der Waals surface area contributed by atoms with E-state index in [1.165, 1.54) is 0 Å². The summed E-state index contributed by atoms with van der Waals surface area (Å²) in [5.74, 6) is 2.70. The van der Waals surface area contributed by atoms with E-state index < -0.39 is 0 Å². The van der Waals surface area contributed by atoms with Gasteiger partial charge in [-0.3, -0.25) is 0 Å². The SMILES string of the molecule is COc1ccc([C@@H]2c3c(C)nn(-c4ccccc4)c3Oc3ncn4nc(-c5ccco5)nc4c32)cc1. The van der Waals surface area contributed by atoms with Crippen molar-refractivity contribution in [1.82, 2.24) is 29.4 Å². The number of fused-ring (bicyclic) bond motifs is 4. The summed E-state index contributed by atoms with van der Waals surface area (Å²) in [6, 6.07) is 21.6. The molecular formula is C27H20N6O3. The highest BCUT2D eigenvalue weighted by Gasteiger charge is 2.38. The summed E-state index contributed by atoms with van der Waals surface area (Å²) in [7, 11) is 1.66. The van der Waals surface area contributed by atoms with Crippen LogP contribution in [-0.2, 0) is 0 Å². The van der Waals surface area contributed by atoms with Gasteiger partial charge < -0.3 is 13.9 Å². The lowest BCUT2D eigenvalue weighted by atomic mass is 9.84. The first-order valence-electron chi connectivity index (χ1n) is 11.5. The largest absolute Gasteiger partial charge is 0.497 e. The maximum absolute atomic E-state index is 6.45. The third kappa shape index (κ3) is 3.02. The van der Waals surface area contributed by atoms with Gasteiger partial charge in [0.05, 0.1) is 41.8 Å². The van der Waals surface area contributed by atoms with Crippen molar-refractivity contribution in [2.45, 2.75) is 12.8 Å². The summed E-state index contributed by atoms with van der Waals surface area (Å²) in [6.45, 7) is 1.99. The molecule has 9 heteroatoms. The van der Waals surface area contributed by atoms with Crippen LogP contribution in [0.1, 0.15) is 28.3 Å². The highest BCUT2D eigenvalue weighted by atomic mass is 16.5. The van der Waals surface area contributed by atoms with E-state index in [4.69, 9.17) is 24.0 Å². The number of aromatic nitrogens is 6. The van der Waals surface area contributed by atoms with Crippen LogP contribution in [0.4, 0.5) is 0 Å². The average molecular weight is 476 g/mol. The molecule has 7 rings (SSSR count). The summed E-state index contributed by atoms with van der Waals surface area (Å²) in [5, 5.41) is 9.47. The number of aryl methyl sites for hydroxylation is 1. The number of nitrogens with zero attached hydrogens (tertiary/aromatic N) is 6. The molecule has 176 valence electrons. The summed E-state index contributed by atoms with van der Waals surface area (Å²) < 4.78 is 20.9. The van der Waals surface area contributed by atoms with E-state index in [9.17, 15) is 0 Å². The van der Waals surface area contributed by atoms with E-state index >= 15 is 0 Å². The van der Waals surface area contributed by atoms with Crippen LogP contribution in [0.2, 0.25) is 0 Å². The summed E-state index contributed by atoms with van der Waals surface area (Å²) in [6.07, 6.45) is 3.21. The molecule has 36 heavy (non-hydrogen) atoms. The molecule has 0 spiro atoms. The highest BCUT2D eigenvalue weighted by molar-refractivity contribution is 5.68. The van der Waals surface area contributed by atoms with E-state index in [-0.39, 0.29) is 5.92 Å². The van der Waals surface area contributed by atoms with Crippen molar-refractivity contribution < 1.29 is 13.9 Å². The number of hydrogen-bond donors (Lipinski definition) is 0. The summed E-state index contributed by atoms with van der Waals surface area (Å²) in [4.78, 5) is 9.47. The Morgan fingerprint density at radius 2 is 1.75 bits per heavy atom. The van der Waals surface area contributed by atoms with Gasteiger partial charge >= 0.3 is 0 Å². The lowest BCUT2D eigenvalue weighted by molar-refractivity contribution is 0.402. The fourth-order valence-corrected chi connectivity index (χ4v) is 4.76. The van der Waals surface area contributed by atoms with Gasteiger partial charge in [-0.15, -0.1) is 5.10 Å². The Morgan fingerprint density at radius 1 is 0.917 bits per heavy atom. The third-order valence-corrected chi connectivity index (χ3v) is 6.41. The molecule has 4 aromatic heterocycles. The molecule has 0 amide bonds. The first-order chi connectivity index (χ1) is 17.7. The lowest BCUT2D eigenvalue weighted by Crippen LogP contribution is -2.16. The van der Waals surface area contributed by atoms with Crippen LogP contribution in [0, 0.1) is 6.92 Å². The molecule has 6 aromatic rings. The fraction of sp³-hybridized carbons (Fsp3) is 0.111. The van der Waals surface area contributed by atoms with Crippen molar-refractivity contribution in [1.29, 1.82) is 0 Å². The number of furan rings is 1. The van der Waals surface area contributed by atoms with Crippen molar-refractivity contribution in [3.63, 3.8) is 0 Å². The number of rotatable bonds is 4. The molecule has 2 aromatic carbocycles. The minimum absolute atomic E-state index is 0.239. The number of methoxy groups -OCH3 is 1. The predicted octanol–water partition coefficient (Wildman–Crippen LogP) is 5.17. The van der Waals surface area contributed by atoms with Gasteiger partial charge in [-0.2, -0.15) is 5.10 Å². The summed E-state index contributed by atoms with van der Waals surface area (Å²) >= 11 is 0. The van der Waals surface area contributed by atoms with Gasteiger partial charge in [-0.05, 0) is 48.9 Å². The molecule has 0 saturated heterocycles. The molecule has 0 unspecified atom stereocenters. The molecule has 0 bridgehead atoms. The Labute approximate surface area is 205 Å². The summed E-state index contributed by atoms with van der Waals surface area (Å²) in [5.41, 5.74) is 5.21. The Hall–Kier alpha value is -4.92. The van der Waals surface area contributed by atoms with Gasteiger partial charge in [-0.1, -0.05) is 30.3 Å². The average Bonchev–Trinajstić information content (AvgIpc) is 3.67. The standard InChI is InChI=1S/C27H20N6O3/c1-16-21-22(17-10-12-19(34-2)13-11-17)23-25-29-24(20-9-6-14-35-20)31-32(25)15-28-26(23)36-27(21)33(30-16)18-7-4-3-5-8-18/h3-15,22H,1-2H3/t22-/m1/s1. The molecule has 5 heterocycles. The molecule has 0 radical (unpaired) electrons. The number of benzene rings is 2. The third-order valence-electron chi connectivity index (χ3n) is 6.41. The van der Waals surface area contributed by atoms with E-state index in [0.717, 1.165) is 33.8 Å². The second-order valence-electron chi connectivity index (χ2n) is 8.50. The zero-order chi connectivity index (χ0) is 24.2. The van der Waals surface area contributed by atoms with E-state index in [0.29, 0.717) is 29.0 Å². The topological polar surface area (TPSA) is 92.5 Å². The van der Waals surface area contributed by atoms with Gasteiger partial charge in [0.1, 0.15) is 12.1 Å². The maximum atomic E-state index is 6.45. The van der Waals surface area contributed by atoms with Crippen LogP contribution in [0.15, 0.2) is 83.7 Å².